The summed E-state index contributed by atoms with van der Waals surface area (Å²) in [6.07, 6.45) is 0.485. The van der Waals surface area contributed by atoms with Crippen LogP contribution in [0.4, 0.5) is 13.2 Å². The van der Waals surface area contributed by atoms with Gasteiger partial charge in [-0.05, 0) is 18.1 Å². The van der Waals surface area contributed by atoms with Gasteiger partial charge in [-0.1, -0.05) is 30.3 Å². The molecule has 3 amide bonds. The average Bonchev–Trinajstić information content (AvgIpc) is 3.14. The molecule has 2 fully saturated rings. The van der Waals surface area contributed by atoms with E-state index in [0.717, 1.165) is 5.56 Å². The van der Waals surface area contributed by atoms with Crippen LogP contribution in [0.25, 0.3) is 0 Å². The number of hydrogen-bond donors (Lipinski definition) is 2. The molecular formula is C21H18F3N3O3. The molecule has 2 N–H and O–H groups in total. The fourth-order valence-electron chi connectivity index (χ4n) is 3.91. The van der Waals surface area contributed by atoms with Crippen LogP contribution in [-0.2, 0) is 16.0 Å². The molecule has 4 rings (SSSR count). The number of hydrogen-bond acceptors (Lipinski definition) is 3. The molecule has 0 saturated carbocycles. The van der Waals surface area contributed by atoms with Crippen molar-refractivity contribution in [1.82, 2.24) is 15.5 Å². The van der Waals surface area contributed by atoms with E-state index in [1.807, 2.05) is 30.3 Å². The molecule has 2 aromatic carbocycles. The second kappa shape index (κ2) is 7.81. The second-order valence-electron chi connectivity index (χ2n) is 7.41. The van der Waals surface area contributed by atoms with Crippen LogP contribution in [0.1, 0.15) is 22.3 Å². The van der Waals surface area contributed by atoms with Crippen molar-refractivity contribution in [2.24, 2.45) is 0 Å². The molecular weight excluding hydrogens is 399 g/mol. The molecule has 2 aliphatic rings. The molecule has 3 atom stereocenters. The summed E-state index contributed by atoms with van der Waals surface area (Å²) in [5.74, 6) is -5.47. The van der Waals surface area contributed by atoms with Crippen LogP contribution in [0.2, 0.25) is 0 Å². The number of fused-ring (bicyclic) bond motifs is 1. The topological polar surface area (TPSA) is 78.5 Å². The zero-order chi connectivity index (χ0) is 21.4. The van der Waals surface area contributed by atoms with Gasteiger partial charge in [-0.15, -0.1) is 0 Å². The van der Waals surface area contributed by atoms with Gasteiger partial charge in [0, 0.05) is 25.1 Å². The maximum absolute atomic E-state index is 13.8. The molecule has 0 aliphatic carbocycles. The van der Waals surface area contributed by atoms with Gasteiger partial charge >= 0.3 is 0 Å². The average molecular weight is 417 g/mol. The lowest BCUT2D eigenvalue weighted by molar-refractivity contribution is -0.147. The Morgan fingerprint density at radius 1 is 1.07 bits per heavy atom. The second-order valence-corrected chi connectivity index (χ2v) is 7.41. The van der Waals surface area contributed by atoms with Crippen LogP contribution in [-0.4, -0.2) is 47.3 Å². The summed E-state index contributed by atoms with van der Waals surface area (Å²) in [6.45, 7) is 0.0687. The lowest BCUT2D eigenvalue weighted by Gasteiger charge is -2.34. The van der Waals surface area contributed by atoms with Gasteiger partial charge in [-0.3, -0.25) is 14.4 Å². The molecule has 0 radical (unpaired) electrons. The summed E-state index contributed by atoms with van der Waals surface area (Å²) in [5.41, 5.74) is 0.254. The molecule has 30 heavy (non-hydrogen) atoms. The largest absolute Gasteiger partial charge is 0.347 e. The van der Waals surface area contributed by atoms with Crippen molar-refractivity contribution in [2.75, 3.05) is 6.54 Å². The quantitative estimate of drug-likeness (QED) is 0.741. The Kier molecular flexibility index (Phi) is 5.19. The first kappa shape index (κ1) is 19.9. The fraction of sp³-hybridized carbons (Fsp3) is 0.286. The summed E-state index contributed by atoms with van der Waals surface area (Å²) in [7, 11) is 0. The van der Waals surface area contributed by atoms with E-state index in [9.17, 15) is 27.6 Å². The summed E-state index contributed by atoms with van der Waals surface area (Å²) >= 11 is 0. The highest BCUT2D eigenvalue weighted by molar-refractivity contribution is 5.98. The minimum Gasteiger partial charge on any atom is -0.347 e. The number of carbonyl (C=O) groups is 3. The Morgan fingerprint density at radius 2 is 1.77 bits per heavy atom. The highest BCUT2D eigenvalue weighted by atomic mass is 19.2. The Labute approximate surface area is 170 Å². The Bertz CT molecular complexity index is 1020. The maximum atomic E-state index is 13.8. The lowest BCUT2D eigenvalue weighted by Crippen LogP contribution is -2.61. The number of nitrogens with one attached hydrogen (secondary N) is 2. The van der Waals surface area contributed by atoms with Crippen LogP contribution in [0.3, 0.4) is 0 Å². The number of benzene rings is 2. The van der Waals surface area contributed by atoms with Crippen molar-refractivity contribution >= 4 is 17.7 Å². The van der Waals surface area contributed by atoms with Crippen LogP contribution in [0.15, 0.2) is 42.5 Å². The third kappa shape index (κ3) is 3.74. The van der Waals surface area contributed by atoms with Gasteiger partial charge in [0.15, 0.2) is 11.6 Å². The van der Waals surface area contributed by atoms with E-state index in [0.29, 0.717) is 18.6 Å². The zero-order valence-corrected chi connectivity index (χ0v) is 15.7. The molecule has 2 heterocycles. The third-order valence-electron chi connectivity index (χ3n) is 5.37. The first-order valence-electron chi connectivity index (χ1n) is 9.43. The minimum absolute atomic E-state index is 0.0687. The SMILES string of the molecule is O=C(N[C@H]1C[C@H]2C(=O)N[C@@H](Cc3ccccc3)C(=O)N2C1)c1cc(F)c(F)cc1F. The molecule has 0 aromatic heterocycles. The van der Waals surface area contributed by atoms with Gasteiger partial charge in [-0.25, -0.2) is 13.2 Å². The van der Waals surface area contributed by atoms with E-state index >= 15 is 0 Å². The van der Waals surface area contributed by atoms with Gasteiger partial charge in [0.2, 0.25) is 11.8 Å². The van der Waals surface area contributed by atoms with Crippen LogP contribution < -0.4 is 10.6 Å². The van der Waals surface area contributed by atoms with E-state index < -0.39 is 47.0 Å². The first-order valence-corrected chi connectivity index (χ1v) is 9.43. The van der Waals surface area contributed by atoms with E-state index in [1.54, 1.807) is 0 Å². The van der Waals surface area contributed by atoms with Crippen LogP contribution in [0.5, 0.6) is 0 Å². The standard InChI is InChI=1S/C21H18F3N3O3/c22-14-9-16(24)15(23)8-13(14)19(28)25-12-7-18-20(29)26-17(21(30)27(18)10-12)6-11-4-2-1-3-5-11/h1-5,8-9,12,17-18H,6-7,10H2,(H,25,28)(H,26,29)/t12-,17-,18-/m0/s1. The molecule has 2 saturated heterocycles. The minimum atomic E-state index is -1.39. The summed E-state index contributed by atoms with van der Waals surface area (Å²) < 4.78 is 40.3. The summed E-state index contributed by atoms with van der Waals surface area (Å²) in [5, 5.41) is 5.22. The van der Waals surface area contributed by atoms with Crippen molar-refractivity contribution in [3.05, 3.63) is 71.0 Å². The van der Waals surface area contributed by atoms with Gasteiger partial charge in [0.05, 0.1) is 5.56 Å². The van der Waals surface area contributed by atoms with Crippen molar-refractivity contribution < 1.29 is 27.6 Å². The number of rotatable bonds is 4. The normalized spacial score (nSPS) is 23.2. The molecule has 9 heteroatoms. The Balaban J connectivity index is 1.45. The first-order chi connectivity index (χ1) is 14.3. The third-order valence-corrected chi connectivity index (χ3v) is 5.37. The van der Waals surface area contributed by atoms with Gasteiger partial charge in [-0.2, -0.15) is 0 Å². The molecule has 156 valence electrons. The number of amides is 3. The van der Waals surface area contributed by atoms with Gasteiger partial charge in [0.25, 0.3) is 5.91 Å². The fourth-order valence-corrected chi connectivity index (χ4v) is 3.91. The highest BCUT2D eigenvalue weighted by Gasteiger charge is 2.46. The summed E-state index contributed by atoms with van der Waals surface area (Å²) in [4.78, 5) is 39.0. The predicted octanol–water partition coefficient (Wildman–Crippen LogP) is 1.54. The molecule has 0 bridgehead atoms. The molecule has 0 spiro atoms. The van der Waals surface area contributed by atoms with E-state index in [-0.39, 0.29) is 24.8 Å². The number of halogens is 3. The maximum Gasteiger partial charge on any atom is 0.254 e. The molecule has 2 aromatic rings. The van der Waals surface area contributed by atoms with Crippen molar-refractivity contribution in [2.45, 2.75) is 31.0 Å². The van der Waals surface area contributed by atoms with E-state index in [1.165, 1.54) is 4.90 Å². The van der Waals surface area contributed by atoms with Crippen molar-refractivity contribution in [3.8, 4) is 0 Å². The van der Waals surface area contributed by atoms with Gasteiger partial charge < -0.3 is 15.5 Å². The molecule has 6 nitrogen and oxygen atoms in total. The summed E-state index contributed by atoms with van der Waals surface area (Å²) in [6, 6.07) is 7.94. The highest BCUT2D eigenvalue weighted by Crippen LogP contribution is 2.24. The zero-order valence-electron chi connectivity index (χ0n) is 15.7. The van der Waals surface area contributed by atoms with Crippen molar-refractivity contribution in [3.63, 3.8) is 0 Å². The smallest absolute Gasteiger partial charge is 0.254 e. The van der Waals surface area contributed by atoms with Crippen LogP contribution in [0, 0.1) is 17.5 Å². The van der Waals surface area contributed by atoms with E-state index in [4.69, 9.17) is 0 Å². The lowest BCUT2D eigenvalue weighted by atomic mass is 10.0. The van der Waals surface area contributed by atoms with Crippen molar-refractivity contribution in [1.29, 1.82) is 0 Å². The predicted molar refractivity (Wildman–Crippen MR) is 99.8 cm³/mol. The Morgan fingerprint density at radius 3 is 2.50 bits per heavy atom. The van der Waals surface area contributed by atoms with Gasteiger partial charge in [0.1, 0.15) is 17.9 Å². The number of carbonyl (C=O) groups excluding carboxylic acids is 3. The van der Waals surface area contributed by atoms with Crippen LogP contribution >= 0.6 is 0 Å². The van der Waals surface area contributed by atoms with E-state index in [2.05, 4.69) is 10.6 Å². The molecule has 2 aliphatic heterocycles. The monoisotopic (exact) mass is 417 g/mol. The Hall–Kier alpha value is -3.36. The number of nitrogens with zero attached hydrogens (tertiary/aromatic N) is 1. The molecule has 0 unspecified atom stereocenters. The number of piperazine rings is 1.